The number of sulfone groups is 1. The van der Waals surface area contributed by atoms with Gasteiger partial charge >= 0.3 is 5.51 Å². The average molecular weight is 393 g/mol. The van der Waals surface area contributed by atoms with E-state index in [1.807, 2.05) is 13.8 Å². The number of alkyl halides is 3. The second-order valence-corrected chi connectivity index (χ2v) is 9.32. The lowest BCUT2D eigenvalue weighted by atomic mass is 9.99. The Morgan fingerprint density at radius 2 is 1.58 bits per heavy atom. The molecule has 26 heavy (non-hydrogen) atoms. The second kappa shape index (κ2) is 7.74. The normalized spacial score (nSPS) is 18.1. The summed E-state index contributed by atoms with van der Waals surface area (Å²) in [6.45, 7) is 9.10. The Morgan fingerprint density at radius 3 is 2.08 bits per heavy atom. The molecule has 0 bridgehead atoms. The molecule has 1 saturated heterocycles. The van der Waals surface area contributed by atoms with Crippen molar-refractivity contribution in [2.24, 2.45) is 0 Å². The van der Waals surface area contributed by atoms with Crippen molar-refractivity contribution in [1.29, 1.82) is 0 Å². The first-order valence-electron chi connectivity index (χ1n) is 8.51. The van der Waals surface area contributed by atoms with E-state index in [9.17, 15) is 21.6 Å². The van der Waals surface area contributed by atoms with E-state index < -0.39 is 20.2 Å². The van der Waals surface area contributed by atoms with Crippen molar-refractivity contribution in [3.05, 3.63) is 24.3 Å². The maximum atomic E-state index is 12.6. The smallest absolute Gasteiger partial charge is 0.380 e. The van der Waals surface area contributed by atoms with Crippen LogP contribution in [0.15, 0.2) is 29.2 Å². The molecule has 1 N–H and O–H groups in total. The quantitative estimate of drug-likeness (QED) is 0.806. The molecule has 2 rings (SSSR count). The molecule has 148 valence electrons. The summed E-state index contributed by atoms with van der Waals surface area (Å²) < 4.78 is 60.5. The van der Waals surface area contributed by atoms with Crippen molar-refractivity contribution in [1.82, 2.24) is 9.80 Å². The lowest BCUT2D eigenvalue weighted by Crippen LogP contribution is -2.46. The van der Waals surface area contributed by atoms with Crippen LogP contribution in [-0.2, 0) is 9.84 Å². The standard InChI is InChI=1S/C17H26F3N3O2S/c1-16(2,8-9-23-12-10-22(3)11-13-23)21-14-4-6-15(7-5-14)26(24,25)17(18,19)20/h4-7,21H,8-13H2,1-3H3. The van der Waals surface area contributed by atoms with E-state index in [1.165, 1.54) is 12.1 Å². The summed E-state index contributed by atoms with van der Waals surface area (Å²) in [5.74, 6) is 0. The minimum atomic E-state index is -5.30. The third kappa shape index (κ3) is 5.34. The molecule has 5 nitrogen and oxygen atoms in total. The summed E-state index contributed by atoms with van der Waals surface area (Å²) in [6, 6.07) is 4.72. The molecule has 0 aliphatic carbocycles. The van der Waals surface area contributed by atoms with Crippen LogP contribution in [0.4, 0.5) is 18.9 Å². The molecule has 0 saturated carbocycles. The zero-order valence-electron chi connectivity index (χ0n) is 15.3. The summed E-state index contributed by atoms with van der Waals surface area (Å²) in [5.41, 5.74) is -4.97. The fourth-order valence-corrected chi connectivity index (χ4v) is 3.58. The highest BCUT2D eigenvalue weighted by atomic mass is 32.2. The zero-order valence-corrected chi connectivity index (χ0v) is 16.1. The van der Waals surface area contributed by atoms with Crippen molar-refractivity contribution in [3.8, 4) is 0 Å². The van der Waals surface area contributed by atoms with E-state index in [4.69, 9.17) is 0 Å². The number of halogens is 3. The van der Waals surface area contributed by atoms with Gasteiger partial charge in [-0.3, -0.25) is 0 Å². The number of benzene rings is 1. The minimum Gasteiger partial charge on any atom is -0.380 e. The number of hydrogen-bond donors (Lipinski definition) is 1. The van der Waals surface area contributed by atoms with Crippen LogP contribution >= 0.6 is 0 Å². The molecule has 1 aliphatic rings. The summed E-state index contributed by atoms with van der Waals surface area (Å²) in [4.78, 5) is 3.93. The van der Waals surface area contributed by atoms with E-state index in [2.05, 4.69) is 22.2 Å². The SMILES string of the molecule is CN1CCN(CCC(C)(C)Nc2ccc(S(=O)(=O)C(F)(F)F)cc2)CC1. The Labute approximate surface area is 153 Å². The molecule has 0 radical (unpaired) electrons. The molecule has 0 atom stereocenters. The molecule has 1 aromatic rings. The van der Waals surface area contributed by atoms with Gasteiger partial charge in [-0.15, -0.1) is 0 Å². The van der Waals surface area contributed by atoms with E-state index in [0.29, 0.717) is 5.69 Å². The van der Waals surface area contributed by atoms with Gasteiger partial charge in [-0.05, 0) is 51.6 Å². The fourth-order valence-electron chi connectivity index (χ4n) is 2.81. The van der Waals surface area contributed by atoms with Gasteiger partial charge in [0.25, 0.3) is 9.84 Å². The highest BCUT2D eigenvalue weighted by molar-refractivity contribution is 7.92. The van der Waals surface area contributed by atoms with Crippen LogP contribution in [0.25, 0.3) is 0 Å². The van der Waals surface area contributed by atoms with Crippen molar-refractivity contribution < 1.29 is 21.6 Å². The summed E-state index contributed by atoms with van der Waals surface area (Å²) in [5, 5.41) is 3.27. The van der Waals surface area contributed by atoms with Crippen LogP contribution < -0.4 is 5.32 Å². The zero-order chi connectivity index (χ0) is 19.6. The average Bonchev–Trinajstić information content (AvgIpc) is 2.53. The Hall–Kier alpha value is -1.32. The van der Waals surface area contributed by atoms with Gasteiger partial charge < -0.3 is 15.1 Å². The molecule has 1 fully saturated rings. The molecule has 0 aromatic heterocycles. The highest BCUT2D eigenvalue weighted by Crippen LogP contribution is 2.31. The number of nitrogens with zero attached hydrogens (tertiary/aromatic N) is 2. The van der Waals surface area contributed by atoms with Gasteiger partial charge in [-0.1, -0.05) is 0 Å². The molecule has 0 unspecified atom stereocenters. The number of anilines is 1. The van der Waals surface area contributed by atoms with Crippen LogP contribution in [-0.4, -0.2) is 69.0 Å². The number of hydrogen-bond acceptors (Lipinski definition) is 5. The molecule has 0 spiro atoms. The monoisotopic (exact) mass is 393 g/mol. The predicted octanol–water partition coefficient (Wildman–Crippen LogP) is 2.81. The van der Waals surface area contributed by atoms with Gasteiger partial charge in [-0.2, -0.15) is 13.2 Å². The van der Waals surface area contributed by atoms with Crippen molar-refractivity contribution in [2.75, 3.05) is 45.1 Å². The summed E-state index contributed by atoms with van der Waals surface area (Å²) in [6.07, 6.45) is 0.860. The van der Waals surface area contributed by atoms with Crippen LogP contribution in [0.2, 0.25) is 0 Å². The molecule has 0 amide bonds. The third-order valence-electron chi connectivity index (χ3n) is 4.60. The largest absolute Gasteiger partial charge is 0.501 e. The van der Waals surface area contributed by atoms with Crippen LogP contribution in [0, 0.1) is 0 Å². The topological polar surface area (TPSA) is 52.6 Å². The minimum absolute atomic E-state index is 0.270. The molecule has 9 heteroatoms. The van der Waals surface area contributed by atoms with E-state index in [-0.39, 0.29) is 5.54 Å². The molecular weight excluding hydrogens is 367 g/mol. The Balaban J connectivity index is 1.95. The highest BCUT2D eigenvalue weighted by Gasteiger charge is 2.46. The van der Waals surface area contributed by atoms with Gasteiger partial charge in [0.1, 0.15) is 0 Å². The second-order valence-electron chi connectivity index (χ2n) is 7.38. The van der Waals surface area contributed by atoms with Gasteiger partial charge in [0.2, 0.25) is 0 Å². The van der Waals surface area contributed by atoms with Crippen LogP contribution in [0.3, 0.4) is 0 Å². The molecule has 1 aliphatic heterocycles. The van der Waals surface area contributed by atoms with E-state index in [1.54, 1.807) is 0 Å². The number of rotatable bonds is 6. The van der Waals surface area contributed by atoms with E-state index >= 15 is 0 Å². The van der Waals surface area contributed by atoms with Crippen molar-refractivity contribution >= 4 is 15.5 Å². The first-order chi connectivity index (χ1) is 11.9. The Kier molecular flexibility index (Phi) is 6.24. The maximum Gasteiger partial charge on any atom is 0.501 e. The predicted molar refractivity (Wildman–Crippen MR) is 95.9 cm³/mol. The van der Waals surface area contributed by atoms with Gasteiger partial charge in [-0.25, -0.2) is 8.42 Å². The Morgan fingerprint density at radius 1 is 1.04 bits per heavy atom. The fraction of sp³-hybridized carbons (Fsp3) is 0.647. The van der Waals surface area contributed by atoms with Crippen LogP contribution in [0.5, 0.6) is 0 Å². The van der Waals surface area contributed by atoms with Crippen molar-refractivity contribution in [2.45, 2.75) is 36.2 Å². The lowest BCUT2D eigenvalue weighted by Gasteiger charge is -2.35. The third-order valence-corrected chi connectivity index (χ3v) is 6.10. The van der Waals surface area contributed by atoms with Gasteiger partial charge in [0.05, 0.1) is 4.90 Å². The van der Waals surface area contributed by atoms with Gasteiger partial charge in [0.15, 0.2) is 0 Å². The number of likely N-dealkylation sites (N-methyl/N-ethyl adjacent to an activating group) is 1. The molecule has 1 heterocycles. The number of nitrogens with one attached hydrogen (secondary N) is 1. The first-order valence-corrected chi connectivity index (χ1v) is 9.99. The maximum absolute atomic E-state index is 12.6. The summed E-state index contributed by atoms with van der Waals surface area (Å²) in [7, 11) is -3.20. The van der Waals surface area contributed by atoms with Gasteiger partial charge in [0, 0.05) is 44.0 Å². The Bertz CT molecular complexity index is 695. The van der Waals surface area contributed by atoms with E-state index in [0.717, 1.165) is 51.3 Å². The molecule has 1 aromatic carbocycles. The number of piperazine rings is 1. The van der Waals surface area contributed by atoms with Crippen LogP contribution in [0.1, 0.15) is 20.3 Å². The first kappa shape index (κ1) is 21.0. The summed E-state index contributed by atoms with van der Waals surface area (Å²) >= 11 is 0. The lowest BCUT2D eigenvalue weighted by molar-refractivity contribution is -0.0436. The van der Waals surface area contributed by atoms with Crippen molar-refractivity contribution in [3.63, 3.8) is 0 Å². The molecular formula is C17H26F3N3O2S.